The molecule has 0 aliphatic heterocycles. The van der Waals surface area contributed by atoms with Gasteiger partial charge in [-0.2, -0.15) is 0 Å². The van der Waals surface area contributed by atoms with Crippen LogP contribution < -0.4 is 0 Å². The first-order valence-corrected chi connectivity index (χ1v) is 8.65. The number of hydrogen-bond acceptors (Lipinski definition) is 2. The maximum atomic E-state index is 12.7. The van der Waals surface area contributed by atoms with E-state index in [4.69, 9.17) is 4.74 Å². The minimum absolute atomic E-state index is 0.114. The molecule has 0 spiro atoms. The molecule has 6 unspecified atom stereocenters. The number of fused-ring (bicyclic) bond motifs is 2. The van der Waals surface area contributed by atoms with Crippen molar-refractivity contribution in [1.29, 1.82) is 0 Å². The van der Waals surface area contributed by atoms with Crippen LogP contribution >= 0.6 is 0 Å². The maximum Gasteiger partial charge on any atom is 0.309 e. The summed E-state index contributed by atoms with van der Waals surface area (Å²) in [7, 11) is 0. The van der Waals surface area contributed by atoms with E-state index in [9.17, 15) is 4.79 Å². The second kappa shape index (κ2) is 5.03. The zero-order chi connectivity index (χ0) is 14.5. The fourth-order valence-corrected chi connectivity index (χ4v) is 5.42. The number of rotatable bonds is 3. The van der Waals surface area contributed by atoms with E-state index in [2.05, 4.69) is 27.7 Å². The normalized spacial score (nSPS) is 47.1. The summed E-state index contributed by atoms with van der Waals surface area (Å²) >= 11 is 0. The van der Waals surface area contributed by atoms with E-state index in [1.807, 2.05) is 0 Å². The fourth-order valence-electron chi connectivity index (χ4n) is 5.42. The Morgan fingerprint density at radius 3 is 2.35 bits per heavy atom. The number of esters is 1. The van der Waals surface area contributed by atoms with E-state index >= 15 is 0 Å². The van der Waals surface area contributed by atoms with Crippen molar-refractivity contribution in [3.8, 4) is 0 Å². The van der Waals surface area contributed by atoms with E-state index in [0.717, 1.165) is 18.8 Å². The lowest BCUT2D eigenvalue weighted by atomic mass is 9.76. The molecule has 0 radical (unpaired) electrons. The molecule has 0 aromatic heterocycles. The summed E-state index contributed by atoms with van der Waals surface area (Å²) in [5.74, 6) is 3.34. The second-order valence-electron chi connectivity index (χ2n) is 8.27. The second-order valence-corrected chi connectivity index (χ2v) is 8.27. The molecule has 0 heterocycles. The molecule has 3 aliphatic rings. The molecule has 6 atom stereocenters. The summed E-state index contributed by atoms with van der Waals surface area (Å²) in [6, 6.07) is 0. The van der Waals surface area contributed by atoms with Crippen LogP contribution in [0.2, 0.25) is 0 Å². The van der Waals surface area contributed by atoms with E-state index in [1.165, 1.54) is 25.7 Å². The van der Waals surface area contributed by atoms with Crippen LogP contribution in [-0.2, 0) is 9.53 Å². The average molecular weight is 278 g/mol. The van der Waals surface area contributed by atoms with Crippen molar-refractivity contribution in [3.63, 3.8) is 0 Å². The molecular weight excluding hydrogens is 248 g/mol. The number of carbonyl (C=O) groups excluding carboxylic acids is 1. The van der Waals surface area contributed by atoms with Gasteiger partial charge in [-0.05, 0) is 68.1 Å². The molecule has 0 saturated heterocycles. The Morgan fingerprint density at radius 1 is 1.15 bits per heavy atom. The van der Waals surface area contributed by atoms with Gasteiger partial charge in [0.2, 0.25) is 0 Å². The highest BCUT2D eigenvalue weighted by molar-refractivity contribution is 5.73. The highest BCUT2D eigenvalue weighted by atomic mass is 16.6. The molecule has 3 fully saturated rings. The Bertz CT molecular complexity index is 389. The van der Waals surface area contributed by atoms with Crippen LogP contribution in [0, 0.1) is 35.5 Å². The predicted molar refractivity (Wildman–Crippen MR) is 80.2 cm³/mol. The van der Waals surface area contributed by atoms with Gasteiger partial charge in [-0.15, -0.1) is 0 Å². The zero-order valence-electron chi connectivity index (χ0n) is 13.5. The minimum atomic E-state index is -0.133. The highest BCUT2D eigenvalue weighted by Crippen LogP contribution is 2.56. The largest absolute Gasteiger partial charge is 0.458 e. The summed E-state index contributed by atoms with van der Waals surface area (Å²) < 4.78 is 6.26. The smallest absolute Gasteiger partial charge is 0.309 e. The number of carbonyl (C=O) groups is 1. The van der Waals surface area contributed by atoms with Crippen molar-refractivity contribution >= 4 is 5.97 Å². The van der Waals surface area contributed by atoms with Crippen LogP contribution in [0.3, 0.4) is 0 Å². The van der Waals surface area contributed by atoms with Crippen molar-refractivity contribution in [3.05, 3.63) is 0 Å². The zero-order valence-corrected chi connectivity index (χ0v) is 13.5. The Labute approximate surface area is 123 Å². The summed E-state index contributed by atoms with van der Waals surface area (Å²) in [5.41, 5.74) is -0.133. The molecule has 3 rings (SSSR count). The average Bonchev–Trinajstić information content (AvgIpc) is 3.03. The Kier molecular flexibility index (Phi) is 3.63. The van der Waals surface area contributed by atoms with Gasteiger partial charge in [0.15, 0.2) is 0 Å². The minimum Gasteiger partial charge on any atom is -0.458 e. The van der Waals surface area contributed by atoms with Crippen LogP contribution in [0.4, 0.5) is 0 Å². The third-order valence-corrected chi connectivity index (χ3v) is 6.53. The third kappa shape index (κ3) is 2.19. The molecule has 0 amide bonds. The highest BCUT2D eigenvalue weighted by Gasteiger charge is 2.56. The lowest BCUT2D eigenvalue weighted by molar-refractivity contribution is -0.179. The summed E-state index contributed by atoms with van der Waals surface area (Å²) in [4.78, 5) is 12.7. The quantitative estimate of drug-likeness (QED) is 0.714. The van der Waals surface area contributed by atoms with E-state index in [0.29, 0.717) is 23.7 Å². The van der Waals surface area contributed by atoms with E-state index in [-0.39, 0.29) is 17.5 Å². The first-order valence-electron chi connectivity index (χ1n) is 8.65. The molecule has 0 N–H and O–H groups in total. The SMILES string of the molecule is CC1CC(C)C(C(=O)OC2(C(C)C)CC3CCC2C3)C1. The van der Waals surface area contributed by atoms with Crippen molar-refractivity contribution < 1.29 is 9.53 Å². The Morgan fingerprint density at radius 2 is 1.90 bits per heavy atom. The Balaban J connectivity index is 1.73. The van der Waals surface area contributed by atoms with Gasteiger partial charge in [-0.1, -0.05) is 27.7 Å². The molecule has 2 bridgehead atoms. The molecule has 2 heteroatoms. The van der Waals surface area contributed by atoms with Gasteiger partial charge < -0.3 is 4.74 Å². The number of hydrogen-bond donors (Lipinski definition) is 0. The van der Waals surface area contributed by atoms with Crippen LogP contribution in [0.5, 0.6) is 0 Å². The molecule has 0 aromatic rings. The lowest BCUT2D eigenvalue weighted by Gasteiger charge is -2.41. The summed E-state index contributed by atoms with van der Waals surface area (Å²) in [6.45, 7) is 8.97. The molecule has 3 aliphatic carbocycles. The fraction of sp³-hybridized carbons (Fsp3) is 0.944. The van der Waals surface area contributed by atoms with Crippen molar-refractivity contribution in [2.75, 3.05) is 0 Å². The van der Waals surface area contributed by atoms with Crippen LogP contribution in [0.1, 0.15) is 66.2 Å². The van der Waals surface area contributed by atoms with Crippen molar-refractivity contribution in [2.45, 2.75) is 71.8 Å². The van der Waals surface area contributed by atoms with Crippen LogP contribution in [-0.4, -0.2) is 11.6 Å². The maximum absolute atomic E-state index is 12.7. The molecule has 3 saturated carbocycles. The van der Waals surface area contributed by atoms with Crippen molar-refractivity contribution in [1.82, 2.24) is 0 Å². The summed E-state index contributed by atoms with van der Waals surface area (Å²) in [6.07, 6.45) is 7.25. The van der Waals surface area contributed by atoms with Crippen LogP contribution in [0.25, 0.3) is 0 Å². The number of ether oxygens (including phenoxy) is 1. The molecule has 0 aromatic carbocycles. The van der Waals surface area contributed by atoms with Gasteiger partial charge in [-0.25, -0.2) is 0 Å². The van der Waals surface area contributed by atoms with E-state index < -0.39 is 0 Å². The monoisotopic (exact) mass is 278 g/mol. The van der Waals surface area contributed by atoms with Gasteiger partial charge in [0.1, 0.15) is 5.60 Å². The molecular formula is C18H30O2. The Hall–Kier alpha value is -0.530. The molecule has 2 nitrogen and oxygen atoms in total. The van der Waals surface area contributed by atoms with Crippen LogP contribution in [0.15, 0.2) is 0 Å². The van der Waals surface area contributed by atoms with Gasteiger partial charge in [0.05, 0.1) is 5.92 Å². The standard InChI is InChI=1S/C18H30O2/c1-11(2)18(10-14-5-6-15(18)9-14)20-17(19)16-8-12(3)7-13(16)4/h11-16H,5-10H2,1-4H3. The lowest BCUT2D eigenvalue weighted by Crippen LogP contribution is -2.46. The van der Waals surface area contributed by atoms with E-state index in [1.54, 1.807) is 0 Å². The third-order valence-electron chi connectivity index (χ3n) is 6.53. The van der Waals surface area contributed by atoms with Gasteiger partial charge in [0, 0.05) is 0 Å². The van der Waals surface area contributed by atoms with Gasteiger partial charge >= 0.3 is 5.97 Å². The van der Waals surface area contributed by atoms with Gasteiger partial charge in [-0.3, -0.25) is 4.79 Å². The first kappa shape index (κ1) is 14.4. The van der Waals surface area contributed by atoms with Gasteiger partial charge in [0.25, 0.3) is 0 Å². The topological polar surface area (TPSA) is 26.3 Å². The molecule has 114 valence electrons. The predicted octanol–water partition coefficient (Wildman–Crippen LogP) is 4.43. The summed E-state index contributed by atoms with van der Waals surface area (Å²) in [5, 5.41) is 0. The van der Waals surface area contributed by atoms with Crippen molar-refractivity contribution in [2.24, 2.45) is 35.5 Å². The first-order chi connectivity index (χ1) is 9.42. The molecule has 20 heavy (non-hydrogen) atoms.